The van der Waals surface area contributed by atoms with Gasteiger partial charge in [0.2, 0.25) is 0 Å². The van der Waals surface area contributed by atoms with Gasteiger partial charge in [0.25, 0.3) is 0 Å². The normalized spacial score (nSPS) is 24.9. The molecule has 4 aliphatic rings. The zero-order chi connectivity index (χ0) is 35.5. The summed E-state index contributed by atoms with van der Waals surface area (Å²) in [7, 11) is 0.164. The van der Waals surface area contributed by atoms with Crippen LogP contribution in [0, 0.1) is 11.3 Å². The summed E-state index contributed by atoms with van der Waals surface area (Å²) >= 11 is 0. The van der Waals surface area contributed by atoms with Crippen LogP contribution in [0.3, 0.4) is 0 Å². The molecule has 50 heavy (non-hydrogen) atoms. The Bertz CT molecular complexity index is 1740. The largest absolute Gasteiger partial charge is 0.392 e. The SMILES string of the molecule is CCCCC1(CCCC)CS(=O)(=O)c2ccc(N(C)C)cc2[C@@H](c2cccc(NC(=O)Nc3cccc(C[N+]45CCC(CC4)CC5)c3)c2)[C@H]1O. The number of urea groups is 1. The average Bonchev–Trinajstić information content (AvgIpc) is 3.17. The first kappa shape index (κ1) is 36.4. The van der Waals surface area contributed by atoms with Gasteiger partial charge in [0.15, 0.2) is 9.84 Å². The lowest BCUT2D eigenvalue weighted by Gasteiger charge is -2.49. The molecule has 3 aromatic carbocycles. The first-order valence-corrected chi connectivity index (χ1v) is 20.5. The van der Waals surface area contributed by atoms with Crippen LogP contribution in [0.1, 0.15) is 94.2 Å². The fourth-order valence-electron chi connectivity index (χ4n) is 9.00. The number of benzene rings is 3. The van der Waals surface area contributed by atoms with E-state index in [4.69, 9.17) is 0 Å². The molecule has 0 aliphatic carbocycles. The topological polar surface area (TPSA) is 98.7 Å². The van der Waals surface area contributed by atoms with Crippen molar-refractivity contribution in [3.05, 3.63) is 83.4 Å². The molecule has 2 atom stereocenters. The molecular weight excluding hydrogens is 645 g/mol. The van der Waals surface area contributed by atoms with Crippen molar-refractivity contribution >= 4 is 32.9 Å². The van der Waals surface area contributed by atoms with Crippen molar-refractivity contribution in [1.82, 2.24) is 0 Å². The molecule has 4 aliphatic heterocycles. The zero-order valence-corrected chi connectivity index (χ0v) is 31.3. The quantitative estimate of drug-likeness (QED) is 0.166. The van der Waals surface area contributed by atoms with Gasteiger partial charge in [-0.3, -0.25) is 0 Å². The van der Waals surface area contributed by atoms with E-state index in [0.29, 0.717) is 24.1 Å². The number of carbonyl (C=O) groups excluding carboxylic acids is 1. The lowest BCUT2D eigenvalue weighted by Crippen LogP contribution is -2.57. The maximum Gasteiger partial charge on any atom is 0.323 e. The third-order valence-corrected chi connectivity index (χ3v) is 13.9. The molecule has 3 saturated heterocycles. The van der Waals surface area contributed by atoms with E-state index >= 15 is 0 Å². The number of sulfone groups is 1. The third kappa shape index (κ3) is 7.75. The van der Waals surface area contributed by atoms with Crippen molar-refractivity contribution in [2.24, 2.45) is 11.3 Å². The van der Waals surface area contributed by atoms with Gasteiger partial charge in [-0.05, 0) is 91.6 Å². The third-order valence-electron chi connectivity index (χ3n) is 11.9. The van der Waals surface area contributed by atoms with Gasteiger partial charge in [-0.1, -0.05) is 63.8 Å². The smallest absolute Gasteiger partial charge is 0.323 e. The van der Waals surface area contributed by atoms with E-state index in [1.165, 1.54) is 44.5 Å². The second kappa shape index (κ2) is 15.1. The Morgan fingerprint density at radius 3 is 2.12 bits per heavy atom. The van der Waals surface area contributed by atoms with E-state index in [9.17, 15) is 18.3 Å². The fourth-order valence-corrected chi connectivity index (χ4v) is 11.2. The summed E-state index contributed by atoms with van der Waals surface area (Å²) in [6.07, 6.45) is 7.83. The summed E-state index contributed by atoms with van der Waals surface area (Å²) in [6, 6.07) is 20.9. The van der Waals surface area contributed by atoms with Gasteiger partial charge in [0, 0.05) is 48.1 Å². The van der Waals surface area contributed by atoms with Crippen LogP contribution >= 0.6 is 0 Å². The fraction of sp³-hybridized carbons (Fsp3) is 0.537. The lowest BCUT2D eigenvalue weighted by molar-refractivity contribution is -0.955. The molecule has 4 heterocycles. The molecule has 3 fully saturated rings. The van der Waals surface area contributed by atoms with Gasteiger partial charge in [-0.25, -0.2) is 13.2 Å². The van der Waals surface area contributed by atoms with Crippen molar-refractivity contribution in [2.75, 3.05) is 55.0 Å². The first-order chi connectivity index (χ1) is 24.0. The van der Waals surface area contributed by atoms with Crippen LogP contribution in [0.5, 0.6) is 0 Å². The van der Waals surface area contributed by atoms with Crippen LogP contribution in [0.4, 0.5) is 21.9 Å². The minimum atomic E-state index is -3.70. The number of anilines is 3. The molecule has 7 rings (SSSR count). The van der Waals surface area contributed by atoms with Crippen LogP contribution < -0.4 is 15.5 Å². The van der Waals surface area contributed by atoms with Gasteiger partial charge in [-0.2, -0.15) is 0 Å². The molecule has 3 N–H and O–H groups in total. The van der Waals surface area contributed by atoms with Gasteiger partial charge < -0.3 is 25.1 Å². The highest BCUT2D eigenvalue weighted by Gasteiger charge is 2.49. The number of quaternary nitrogens is 1. The number of piperidine rings is 3. The van der Waals surface area contributed by atoms with Gasteiger partial charge in [-0.15, -0.1) is 0 Å². The van der Waals surface area contributed by atoms with Crippen molar-refractivity contribution in [1.29, 1.82) is 0 Å². The zero-order valence-electron chi connectivity index (χ0n) is 30.5. The van der Waals surface area contributed by atoms with Crippen LogP contribution in [0.2, 0.25) is 0 Å². The highest BCUT2D eigenvalue weighted by atomic mass is 32.2. The number of nitrogens with zero attached hydrogens (tertiary/aromatic N) is 2. The molecule has 2 amide bonds. The molecule has 0 aromatic heterocycles. The summed E-state index contributed by atoms with van der Waals surface area (Å²) in [6.45, 7) is 8.97. The Labute approximate surface area is 299 Å². The molecule has 0 saturated carbocycles. The number of unbranched alkanes of at least 4 members (excludes halogenated alkanes) is 2. The van der Waals surface area contributed by atoms with E-state index < -0.39 is 27.3 Å². The molecule has 3 aromatic rings. The number of fused-ring (bicyclic) bond motifs is 4. The predicted octanol–water partition coefficient (Wildman–Crippen LogP) is 8.17. The minimum Gasteiger partial charge on any atom is -0.392 e. The Kier molecular flexibility index (Phi) is 11.0. The van der Waals surface area contributed by atoms with Crippen molar-refractivity contribution < 1.29 is 22.8 Å². The number of carbonyl (C=O) groups is 1. The summed E-state index contributed by atoms with van der Waals surface area (Å²) in [4.78, 5) is 15.6. The van der Waals surface area contributed by atoms with Crippen LogP contribution in [-0.2, 0) is 16.4 Å². The summed E-state index contributed by atoms with van der Waals surface area (Å²) in [5.74, 6) is 0.245. The van der Waals surface area contributed by atoms with Crippen molar-refractivity contribution in [3.8, 4) is 0 Å². The molecule has 0 spiro atoms. The first-order valence-electron chi connectivity index (χ1n) is 18.8. The maximum absolute atomic E-state index is 14.2. The van der Waals surface area contributed by atoms with E-state index in [1.54, 1.807) is 6.07 Å². The highest BCUT2D eigenvalue weighted by Crippen LogP contribution is 2.50. The summed E-state index contributed by atoms with van der Waals surface area (Å²) in [5, 5.41) is 18.6. The van der Waals surface area contributed by atoms with Gasteiger partial charge in [0.05, 0.1) is 36.4 Å². The summed E-state index contributed by atoms with van der Waals surface area (Å²) < 4.78 is 29.6. The Morgan fingerprint density at radius 2 is 1.50 bits per heavy atom. The van der Waals surface area contributed by atoms with Crippen molar-refractivity contribution in [2.45, 2.75) is 95.1 Å². The number of aliphatic hydroxyl groups is 1. The molecule has 2 bridgehead atoms. The number of aliphatic hydroxyl groups excluding tert-OH is 1. The number of rotatable bonds is 12. The maximum atomic E-state index is 14.2. The van der Waals surface area contributed by atoms with E-state index in [2.05, 4.69) is 36.6 Å². The Hall–Kier alpha value is -3.40. The Morgan fingerprint density at radius 1 is 0.880 bits per heavy atom. The molecular formula is C41H57N4O4S+. The molecule has 8 nitrogen and oxygen atoms in total. The minimum absolute atomic E-state index is 0.0775. The lowest BCUT2D eigenvalue weighted by atomic mass is 9.68. The van der Waals surface area contributed by atoms with Gasteiger partial charge in [0.1, 0.15) is 6.54 Å². The van der Waals surface area contributed by atoms with E-state index in [1.807, 2.05) is 67.5 Å². The van der Waals surface area contributed by atoms with Crippen LogP contribution in [-0.4, -0.2) is 69.6 Å². The van der Waals surface area contributed by atoms with E-state index in [0.717, 1.165) is 59.6 Å². The molecule has 270 valence electrons. The van der Waals surface area contributed by atoms with Gasteiger partial charge >= 0.3 is 6.03 Å². The molecule has 0 radical (unpaired) electrons. The molecule has 9 heteroatoms. The standard InChI is InChI=1S/C41H56N4O4S/c1-5-7-20-41(21-8-6-2)29-50(48,49)37-16-15-35(44(3)4)27-36(37)38(39(41)46)32-12-10-14-34(26-32)43-40(47)42-33-13-9-11-31(25-33)28-45-22-17-30(18-23-45)19-24-45/h9-16,25-27,30,38-39,46H,5-8,17-24,28-29H2,1-4H3,(H-,42,43,47)/p+1/t30?,38-,39-,45?/m1/s1. The number of nitrogens with one attached hydrogen (secondary N) is 2. The predicted molar refractivity (Wildman–Crippen MR) is 204 cm³/mol. The number of hydrogen-bond donors (Lipinski definition) is 3. The highest BCUT2D eigenvalue weighted by molar-refractivity contribution is 7.91. The molecule has 0 unspecified atom stereocenters. The monoisotopic (exact) mass is 701 g/mol. The van der Waals surface area contributed by atoms with Crippen molar-refractivity contribution in [3.63, 3.8) is 0 Å². The second-order valence-electron chi connectivity index (χ2n) is 15.7. The Balaban J connectivity index is 1.29. The van der Waals surface area contributed by atoms with Crippen LogP contribution in [0.25, 0.3) is 0 Å². The van der Waals surface area contributed by atoms with E-state index in [-0.39, 0.29) is 16.7 Å². The van der Waals surface area contributed by atoms with Crippen LogP contribution in [0.15, 0.2) is 71.6 Å². The average molecular weight is 702 g/mol. The number of hydrogen-bond acceptors (Lipinski definition) is 5. The summed E-state index contributed by atoms with van der Waals surface area (Å²) in [5.41, 5.74) is 4.05. The second-order valence-corrected chi connectivity index (χ2v) is 17.6. The number of amides is 2.